The van der Waals surface area contributed by atoms with Crippen molar-refractivity contribution in [3.8, 4) is 0 Å². The Bertz CT molecular complexity index is 328. The van der Waals surface area contributed by atoms with Crippen molar-refractivity contribution in [2.45, 2.75) is 51.7 Å². The summed E-state index contributed by atoms with van der Waals surface area (Å²) in [6.45, 7) is 7.81. The van der Waals surface area contributed by atoms with Gasteiger partial charge in [-0.3, -0.25) is 9.69 Å². The van der Waals surface area contributed by atoms with Gasteiger partial charge in [0.1, 0.15) is 17.7 Å². The van der Waals surface area contributed by atoms with E-state index in [0.29, 0.717) is 19.4 Å². The van der Waals surface area contributed by atoms with Crippen LogP contribution < -0.4 is 0 Å². The van der Waals surface area contributed by atoms with Gasteiger partial charge in [0.2, 0.25) is 0 Å². The lowest BCUT2D eigenvalue weighted by Crippen LogP contribution is -2.48. The molecule has 0 aliphatic heterocycles. The second-order valence-electron chi connectivity index (χ2n) is 5.63. The highest BCUT2D eigenvalue weighted by atomic mass is 16.6. The van der Waals surface area contributed by atoms with E-state index in [1.807, 2.05) is 6.92 Å². The highest BCUT2D eigenvalue weighted by Gasteiger charge is 2.55. The molecule has 0 atom stereocenters. The number of hydrogen-bond donors (Lipinski definition) is 0. The summed E-state index contributed by atoms with van der Waals surface area (Å²) >= 11 is 0. The van der Waals surface area contributed by atoms with Crippen LogP contribution in [0.5, 0.6) is 0 Å². The maximum Gasteiger partial charge on any atom is 0.410 e. The summed E-state index contributed by atoms with van der Waals surface area (Å²) in [6, 6.07) is 0. The lowest BCUT2D eigenvalue weighted by atomic mass is 10.1. The van der Waals surface area contributed by atoms with Gasteiger partial charge in [-0.2, -0.15) is 0 Å². The number of carbonyl (C=O) groups excluding carboxylic acids is 2. The van der Waals surface area contributed by atoms with Crippen LogP contribution in [0.15, 0.2) is 0 Å². The van der Waals surface area contributed by atoms with Crippen molar-refractivity contribution in [1.29, 1.82) is 0 Å². The maximum atomic E-state index is 12.0. The van der Waals surface area contributed by atoms with Crippen molar-refractivity contribution in [2.75, 3.05) is 20.3 Å². The molecule has 5 heteroatoms. The Morgan fingerprint density at radius 3 is 2.22 bits per heavy atom. The fourth-order valence-electron chi connectivity index (χ4n) is 1.75. The molecule has 5 nitrogen and oxygen atoms in total. The van der Waals surface area contributed by atoms with Gasteiger partial charge in [0, 0.05) is 13.7 Å². The Balaban J connectivity index is 2.62. The molecule has 1 fully saturated rings. The number of Topliss-reactive ketones (excluding diaryl/α,β-unsaturated/α-hetero) is 1. The van der Waals surface area contributed by atoms with Gasteiger partial charge in [0.15, 0.2) is 5.78 Å². The zero-order chi connectivity index (χ0) is 14.0. The van der Waals surface area contributed by atoms with Crippen LogP contribution in [0.4, 0.5) is 4.79 Å². The minimum atomic E-state index is -0.697. The van der Waals surface area contributed by atoms with E-state index >= 15 is 0 Å². The topological polar surface area (TPSA) is 55.8 Å². The first-order chi connectivity index (χ1) is 8.23. The van der Waals surface area contributed by atoms with E-state index in [9.17, 15) is 9.59 Å². The minimum Gasteiger partial charge on any atom is -0.444 e. The van der Waals surface area contributed by atoms with Gasteiger partial charge in [-0.15, -0.1) is 0 Å². The number of hydrogen-bond acceptors (Lipinski definition) is 4. The van der Waals surface area contributed by atoms with E-state index in [-0.39, 0.29) is 12.4 Å². The van der Waals surface area contributed by atoms with Crippen molar-refractivity contribution in [3.63, 3.8) is 0 Å². The SMILES string of the molecule is CCOCC(=O)C1(N(C)C(=O)OC(C)(C)C)CC1. The molecule has 18 heavy (non-hydrogen) atoms. The fourth-order valence-corrected chi connectivity index (χ4v) is 1.75. The van der Waals surface area contributed by atoms with Crippen molar-refractivity contribution in [2.24, 2.45) is 0 Å². The number of nitrogens with zero attached hydrogens (tertiary/aromatic N) is 1. The van der Waals surface area contributed by atoms with Gasteiger partial charge in [0.05, 0.1) is 0 Å². The lowest BCUT2D eigenvalue weighted by Gasteiger charge is -2.30. The van der Waals surface area contributed by atoms with Crippen LogP contribution in [0.25, 0.3) is 0 Å². The molecule has 0 N–H and O–H groups in total. The molecular formula is C13H23NO4. The van der Waals surface area contributed by atoms with Crippen LogP contribution in [0.1, 0.15) is 40.5 Å². The summed E-state index contributed by atoms with van der Waals surface area (Å²) in [5.74, 6) is -0.0438. The quantitative estimate of drug-likeness (QED) is 0.755. The maximum absolute atomic E-state index is 12.0. The first kappa shape index (κ1) is 15.0. The summed E-state index contributed by atoms with van der Waals surface area (Å²) in [7, 11) is 1.62. The van der Waals surface area contributed by atoms with E-state index in [2.05, 4.69) is 0 Å². The van der Waals surface area contributed by atoms with E-state index in [4.69, 9.17) is 9.47 Å². The molecule has 104 valence electrons. The molecule has 0 saturated heterocycles. The molecule has 0 radical (unpaired) electrons. The average molecular weight is 257 g/mol. The van der Waals surface area contributed by atoms with Crippen LogP contribution in [-0.4, -0.2) is 48.2 Å². The van der Waals surface area contributed by atoms with Crippen molar-refractivity contribution in [3.05, 3.63) is 0 Å². The summed E-state index contributed by atoms with van der Waals surface area (Å²) in [5, 5.41) is 0. The third-order valence-electron chi connectivity index (χ3n) is 2.99. The van der Waals surface area contributed by atoms with Crippen LogP contribution in [0.2, 0.25) is 0 Å². The number of carbonyl (C=O) groups is 2. The Labute approximate surface area is 108 Å². The minimum absolute atomic E-state index is 0.0438. The largest absolute Gasteiger partial charge is 0.444 e. The van der Waals surface area contributed by atoms with Gasteiger partial charge in [-0.05, 0) is 40.5 Å². The Morgan fingerprint density at radius 2 is 1.83 bits per heavy atom. The van der Waals surface area contributed by atoms with E-state index in [1.54, 1.807) is 27.8 Å². The van der Waals surface area contributed by atoms with Crippen LogP contribution in [-0.2, 0) is 14.3 Å². The first-order valence-electron chi connectivity index (χ1n) is 6.31. The van der Waals surface area contributed by atoms with Gasteiger partial charge in [-0.1, -0.05) is 0 Å². The summed E-state index contributed by atoms with van der Waals surface area (Å²) < 4.78 is 10.4. The molecule has 0 aromatic heterocycles. The predicted molar refractivity (Wildman–Crippen MR) is 67.5 cm³/mol. The molecule has 1 saturated carbocycles. The zero-order valence-corrected chi connectivity index (χ0v) is 11.9. The first-order valence-corrected chi connectivity index (χ1v) is 6.31. The molecular weight excluding hydrogens is 234 g/mol. The van der Waals surface area contributed by atoms with E-state index in [1.165, 1.54) is 4.90 Å². The molecule has 0 heterocycles. The van der Waals surface area contributed by atoms with Gasteiger partial charge in [0.25, 0.3) is 0 Å². The Kier molecular flexibility index (Phi) is 4.37. The monoisotopic (exact) mass is 257 g/mol. The Morgan fingerprint density at radius 1 is 1.28 bits per heavy atom. The smallest absolute Gasteiger partial charge is 0.410 e. The van der Waals surface area contributed by atoms with Crippen LogP contribution >= 0.6 is 0 Å². The molecule has 1 aliphatic carbocycles. The van der Waals surface area contributed by atoms with E-state index < -0.39 is 17.2 Å². The third-order valence-corrected chi connectivity index (χ3v) is 2.99. The van der Waals surface area contributed by atoms with Gasteiger partial charge >= 0.3 is 6.09 Å². The molecule has 0 aromatic rings. The van der Waals surface area contributed by atoms with Crippen LogP contribution in [0, 0.1) is 0 Å². The van der Waals surface area contributed by atoms with Gasteiger partial charge < -0.3 is 9.47 Å². The predicted octanol–water partition coefficient (Wildman–Crippen LogP) is 1.99. The second kappa shape index (κ2) is 5.26. The van der Waals surface area contributed by atoms with Crippen molar-refractivity contribution in [1.82, 2.24) is 4.90 Å². The number of amides is 1. The van der Waals surface area contributed by atoms with Gasteiger partial charge in [-0.25, -0.2) is 4.79 Å². The molecule has 0 bridgehead atoms. The molecule has 1 aliphatic rings. The summed E-state index contributed by atoms with van der Waals surface area (Å²) in [6.07, 6.45) is 0.924. The summed E-state index contributed by atoms with van der Waals surface area (Å²) in [5.41, 5.74) is -1.25. The van der Waals surface area contributed by atoms with Crippen molar-refractivity contribution >= 4 is 11.9 Å². The fraction of sp³-hybridized carbons (Fsp3) is 0.846. The zero-order valence-electron chi connectivity index (χ0n) is 11.9. The molecule has 1 rings (SSSR count). The number of ether oxygens (including phenoxy) is 2. The number of likely N-dealkylation sites (N-methyl/N-ethyl adjacent to an activating group) is 1. The molecule has 0 spiro atoms. The molecule has 1 amide bonds. The summed E-state index contributed by atoms with van der Waals surface area (Å²) in [4.78, 5) is 25.4. The van der Waals surface area contributed by atoms with E-state index in [0.717, 1.165) is 0 Å². The highest BCUT2D eigenvalue weighted by molar-refractivity contribution is 5.95. The molecule has 0 unspecified atom stereocenters. The standard InChI is InChI=1S/C13H23NO4/c1-6-17-9-10(15)13(7-8-13)14(5)11(16)18-12(2,3)4/h6-9H2,1-5H3. The molecule has 0 aromatic carbocycles. The highest BCUT2D eigenvalue weighted by Crippen LogP contribution is 2.42. The van der Waals surface area contributed by atoms with Crippen LogP contribution in [0.3, 0.4) is 0 Å². The second-order valence-corrected chi connectivity index (χ2v) is 5.63. The number of ketones is 1. The lowest BCUT2D eigenvalue weighted by molar-refractivity contribution is -0.129. The van der Waals surface area contributed by atoms with Crippen molar-refractivity contribution < 1.29 is 19.1 Å². The Hall–Kier alpha value is -1.10. The average Bonchev–Trinajstić information content (AvgIpc) is 3.03. The number of rotatable bonds is 5. The third kappa shape index (κ3) is 3.45. The normalized spacial score (nSPS) is 17.2.